The van der Waals surface area contributed by atoms with Crippen molar-refractivity contribution in [3.63, 3.8) is 0 Å². The van der Waals surface area contributed by atoms with Crippen molar-refractivity contribution in [2.45, 2.75) is 24.8 Å². The Bertz CT molecular complexity index is 654. The predicted octanol–water partition coefficient (Wildman–Crippen LogP) is 2.18. The topological polar surface area (TPSA) is 75.2 Å². The maximum atomic E-state index is 12.4. The minimum absolute atomic E-state index is 0.0993. The molecule has 0 aliphatic rings. The van der Waals surface area contributed by atoms with Gasteiger partial charge in [0.15, 0.2) is 0 Å². The van der Waals surface area contributed by atoms with Gasteiger partial charge in [-0.25, -0.2) is 18.4 Å². The Labute approximate surface area is 128 Å². The summed E-state index contributed by atoms with van der Waals surface area (Å²) in [5, 5.41) is 6.86. The Balaban J connectivity index is 2.11. The van der Waals surface area contributed by atoms with Crippen molar-refractivity contribution in [1.29, 1.82) is 0 Å². The smallest absolute Gasteiger partial charge is 0.246 e. The molecule has 8 heteroatoms. The summed E-state index contributed by atoms with van der Waals surface area (Å²) in [6.45, 7) is 3.12. The zero-order chi connectivity index (χ0) is 15.3. The predicted molar refractivity (Wildman–Crippen MR) is 83.8 cm³/mol. The van der Waals surface area contributed by atoms with Crippen LogP contribution < -0.4 is 5.32 Å². The van der Waals surface area contributed by atoms with Crippen molar-refractivity contribution >= 4 is 27.3 Å². The lowest BCUT2D eigenvalue weighted by molar-refractivity contribution is 0.466. The van der Waals surface area contributed by atoms with Crippen LogP contribution in [0.3, 0.4) is 0 Å². The number of sulfonamides is 1. The van der Waals surface area contributed by atoms with Crippen molar-refractivity contribution in [3.05, 3.63) is 34.8 Å². The highest BCUT2D eigenvalue weighted by Gasteiger charge is 2.22. The van der Waals surface area contributed by atoms with Crippen LogP contribution in [0.2, 0.25) is 0 Å². The zero-order valence-corrected chi connectivity index (χ0v) is 13.6. The van der Waals surface area contributed by atoms with E-state index >= 15 is 0 Å². The molecule has 6 nitrogen and oxygen atoms in total. The molecule has 2 heterocycles. The lowest BCUT2D eigenvalue weighted by Crippen LogP contribution is -2.26. The highest BCUT2D eigenvalue weighted by atomic mass is 32.2. The van der Waals surface area contributed by atoms with E-state index < -0.39 is 10.0 Å². The lowest BCUT2D eigenvalue weighted by atomic mass is 10.3. The zero-order valence-electron chi connectivity index (χ0n) is 12.0. The molecule has 0 radical (unpaired) electrons. The summed E-state index contributed by atoms with van der Waals surface area (Å²) < 4.78 is 26.1. The van der Waals surface area contributed by atoms with Crippen LogP contribution in [-0.2, 0) is 16.6 Å². The fraction of sp³-hybridized carbons (Fsp3) is 0.385. The molecule has 0 atom stereocenters. The number of nitrogens with one attached hydrogen (secondary N) is 1. The molecule has 21 heavy (non-hydrogen) atoms. The molecule has 0 aromatic carbocycles. The molecule has 0 bridgehead atoms. The van der Waals surface area contributed by atoms with Crippen LogP contribution in [0.4, 0.5) is 5.95 Å². The third kappa shape index (κ3) is 3.99. The van der Waals surface area contributed by atoms with Gasteiger partial charge in [0.05, 0.1) is 12.4 Å². The van der Waals surface area contributed by atoms with E-state index in [4.69, 9.17) is 0 Å². The summed E-state index contributed by atoms with van der Waals surface area (Å²) >= 11 is 1.54. The standard InChI is InChI=1S/C13H18N4O2S2/c1-3-5-14-13-15-7-12(8-16-13)21(18,19)17(2)9-11-4-6-20-10-11/h4,6-8,10H,3,5,9H2,1-2H3,(H,14,15,16). The third-order valence-corrected chi connectivity index (χ3v) is 5.34. The van der Waals surface area contributed by atoms with Gasteiger partial charge < -0.3 is 5.32 Å². The van der Waals surface area contributed by atoms with Crippen LogP contribution in [0.5, 0.6) is 0 Å². The fourth-order valence-corrected chi connectivity index (χ4v) is 3.39. The normalized spacial score (nSPS) is 11.8. The summed E-state index contributed by atoms with van der Waals surface area (Å²) in [7, 11) is -2.02. The van der Waals surface area contributed by atoms with Crippen LogP contribution in [-0.4, -0.2) is 36.3 Å². The second-order valence-corrected chi connectivity index (χ2v) is 7.39. The first kappa shape index (κ1) is 15.9. The van der Waals surface area contributed by atoms with Crippen molar-refractivity contribution < 1.29 is 8.42 Å². The molecule has 0 aliphatic carbocycles. The van der Waals surface area contributed by atoms with Gasteiger partial charge in [-0.15, -0.1) is 0 Å². The van der Waals surface area contributed by atoms with E-state index in [1.165, 1.54) is 16.7 Å². The molecule has 0 saturated heterocycles. The van der Waals surface area contributed by atoms with Crippen molar-refractivity contribution in [1.82, 2.24) is 14.3 Å². The van der Waals surface area contributed by atoms with Gasteiger partial charge in [0.2, 0.25) is 16.0 Å². The lowest BCUT2D eigenvalue weighted by Gasteiger charge is -2.16. The summed E-state index contributed by atoms with van der Waals surface area (Å²) in [5.74, 6) is 0.441. The number of hydrogen-bond donors (Lipinski definition) is 1. The molecule has 0 unspecified atom stereocenters. The monoisotopic (exact) mass is 326 g/mol. The molecule has 0 aliphatic heterocycles. The molecule has 0 saturated carbocycles. The van der Waals surface area contributed by atoms with E-state index in [-0.39, 0.29) is 4.90 Å². The molecule has 0 amide bonds. The fourth-order valence-electron chi connectivity index (χ4n) is 1.68. The minimum atomic E-state index is -3.57. The van der Waals surface area contributed by atoms with Gasteiger partial charge in [0.25, 0.3) is 0 Å². The van der Waals surface area contributed by atoms with E-state index in [1.54, 1.807) is 18.4 Å². The minimum Gasteiger partial charge on any atom is -0.354 e. The van der Waals surface area contributed by atoms with Crippen molar-refractivity contribution in [2.75, 3.05) is 18.9 Å². The first-order valence-corrected chi connectivity index (χ1v) is 8.95. The van der Waals surface area contributed by atoms with Gasteiger partial charge >= 0.3 is 0 Å². The maximum absolute atomic E-state index is 12.4. The highest BCUT2D eigenvalue weighted by molar-refractivity contribution is 7.89. The van der Waals surface area contributed by atoms with Crippen molar-refractivity contribution in [3.8, 4) is 0 Å². The van der Waals surface area contributed by atoms with Crippen LogP contribution in [0.15, 0.2) is 34.1 Å². The first-order valence-electron chi connectivity index (χ1n) is 6.57. The number of thiophene rings is 1. The molecular formula is C13H18N4O2S2. The van der Waals surface area contributed by atoms with Crippen LogP contribution in [0.1, 0.15) is 18.9 Å². The van der Waals surface area contributed by atoms with Gasteiger partial charge in [-0.1, -0.05) is 6.92 Å². The van der Waals surface area contributed by atoms with E-state index in [0.29, 0.717) is 12.5 Å². The second-order valence-electron chi connectivity index (χ2n) is 4.56. The number of hydrogen-bond acceptors (Lipinski definition) is 6. The number of nitrogens with zero attached hydrogens (tertiary/aromatic N) is 3. The van der Waals surface area contributed by atoms with Gasteiger partial charge in [-0.3, -0.25) is 0 Å². The Morgan fingerprint density at radius 1 is 1.33 bits per heavy atom. The third-order valence-electron chi connectivity index (χ3n) is 2.85. The van der Waals surface area contributed by atoms with Crippen molar-refractivity contribution in [2.24, 2.45) is 0 Å². The van der Waals surface area contributed by atoms with Gasteiger partial charge in [-0.05, 0) is 28.8 Å². The average molecular weight is 326 g/mol. The molecule has 114 valence electrons. The largest absolute Gasteiger partial charge is 0.354 e. The number of rotatable bonds is 7. The molecule has 2 aromatic rings. The van der Waals surface area contributed by atoms with Gasteiger partial charge in [0.1, 0.15) is 4.90 Å². The Hall–Kier alpha value is -1.51. The average Bonchev–Trinajstić information content (AvgIpc) is 2.98. The van der Waals surface area contributed by atoms with Crippen LogP contribution in [0, 0.1) is 0 Å². The highest BCUT2D eigenvalue weighted by Crippen LogP contribution is 2.17. The molecule has 0 spiro atoms. The number of anilines is 1. The molecular weight excluding hydrogens is 308 g/mol. The van der Waals surface area contributed by atoms with Gasteiger partial charge in [-0.2, -0.15) is 15.6 Å². The molecule has 0 fully saturated rings. The summed E-state index contributed by atoms with van der Waals surface area (Å²) in [5.41, 5.74) is 0.966. The molecule has 2 aromatic heterocycles. The quantitative estimate of drug-likeness (QED) is 0.844. The number of aromatic nitrogens is 2. The molecule has 2 rings (SSSR count). The second kappa shape index (κ2) is 6.97. The summed E-state index contributed by atoms with van der Waals surface area (Å²) in [6.07, 6.45) is 3.63. The maximum Gasteiger partial charge on any atom is 0.246 e. The molecule has 1 N–H and O–H groups in total. The van der Waals surface area contributed by atoms with E-state index in [0.717, 1.165) is 18.5 Å². The Kier molecular flexibility index (Phi) is 5.27. The summed E-state index contributed by atoms with van der Waals surface area (Å²) in [6, 6.07) is 1.91. The van der Waals surface area contributed by atoms with Crippen LogP contribution >= 0.6 is 11.3 Å². The van der Waals surface area contributed by atoms with E-state index in [1.807, 2.05) is 23.8 Å². The SMILES string of the molecule is CCCNc1ncc(S(=O)(=O)N(C)Cc2ccsc2)cn1. The first-order chi connectivity index (χ1) is 10.0. The van der Waals surface area contributed by atoms with Gasteiger partial charge in [0, 0.05) is 20.1 Å². The van der Waals surface area contributed by atoms with Crippen LogP contribution in [0.25, 0.3) is 0 Å². The summed E-state index contributed by atoms with van der Waals surface area (Å²) in [4.78, 5) is 8.17. The Morgan fingerprint density at radius 3 is 2.62 bits per heavy atom. The van der Waals surface area contributed by atoms with E-state index in [9.17, 15) is 8.42 Å². The van der Waals surface area contributed by atoms with E-state index in [2.05, 4.69) is 15.3 Å². The Morgan fingerprint density at radius 2 is 2.05 bits per heavy atom.